The third-order valence-corrected chi connectivity index (χ3v) is 3.39. The van der Waals surface area contributed by atoms with Gasteiger partial charge in [-0.1, -0.05) is 27.2 Å². The lowest BCUT2D eigenvalue weighted by Gasteiger charge is -2.45. The van der Waals surface area contributed by atoms with Crippen molar-refractivity contribution < 1.29 is 0 Å². The van der Waals surface area contributed by atoms with Crippen molar-refractivity contribution in [3.05, 3.63) is 0 Å². The van der Waals surface area contributed by atoms with Crippen molar-refractivity contribution in [3.63, 3.8) is 0 Å². The Kier molecular flexibility index (Phi) is 4.60. The molecule has 2 atom stereocenters. The van der Waals surface area contributed by atoms with Gasteiger partial charge in [-0.2, -0.15) is 0 Å². The van der Waals surface area contributed by atoms with Gasteiger partial charge < -0.3 is 10.6 Å². The zero-order valence-electron chi connectivity index (χ0n) is 11.1. The molecular formula is C13H28N2. The Labute approximate surface area is 95.2 Å². The standard InChI is InChI=1S/C13H28N2/c1-6-7-12-13(4,5)15-11(9-14-12)8-10(2)3/h10-12,14-15H,6-9H2,1-5H3. The van der Waals surface area contributed by atoms with Crippen molar-refractivity contribution in [2.24, 2.45) is 5.92 Å². The number of rotatable bonds is 4. The maximum atomic E-state index is 3.80. The number of hydrogen-bond acceptors (Lipinski definition) is 2. The molecule has 1 heterocycles. The van der Waals surface area contributed by atoms with E-state index >= 15 is 0 Å². The van der Waals surface area contributed by atoms with Gasteiger partial charge in [0, 0.05) is 24.2 Å². The van der Waals surface area contributed by atoms with Crippen LogP contribution in [0.15, 0.2) is 0 Å². The molecule has 2 N–H and O–H groups in total. The molecule has 0 amide bonds. The van der Waals surface area contributed by atoms with Crippen LogP contribution in [0.4, 0.5) is 0 Å². The molecule has 15 heavy (non-hydrogen) atoms. The zero-order valence-corrected chi connectivity index (χ0v) is 11.1. The molecule has 1 aliphatic heterocycles. The van der Waals surface area contributed by atoms with E-state index in [0.717, 1.165) is 12.5 Å². The minimum absolute atomic E-state index is 0.244. The molecule has 0 radical (unpaired) electrons. The molecule has 0 bridgehead atoms. The second kappa shape index (κ2) is 5.31. The maximum absolute atomic E-state index is 3.80. The van der Waals surface area contributed by atoms with E-state index in [1.807, 2.05) is 0 Å². The SMILES string of the molecule is CCCC1NCC(CC(C)C)NC1(C)C. The molecule has 0 aromatic rings. The fraction of sp³-hybridized carbons (Fsp3) is 1.00. The van der Waals surface area contributed by atoms with Crippen LogP contribution < -0.4 is 10.6 Å². The molecule has 2 unspecified atom stereocenters. The lowest BCUT2D eigenvalue weighted by atomic mass is 9.86. The summed E-state index contributed by atoms with van der Waals surface area (Å²) in [5.74, 6) is 0.780. The van der Waals surface area contributed by atoms with Gasteiger partial charge in [-0.15, -0.1) is 0 Å². The Morgan fingerprint density at radius 3 is 2.47 bits per heavy atom. The molecule has 0 aliphatic carbocycles. The Morgan fingerprint density at radius 1 is 1.33 bits per heavy atom. The van der Waals surface area contributed by atoms with Crippen molar-refractivity contribution >= 4 is 0 Å². The van der Waals surface area contributed by atoms with E-state index in [1.165, 1.54) is 19.3 Å². The first-order valence-corrected chi connectivity index (χ1v) is 6.46. The van der Waals surface area contributed by atoms with E-state index in [4.69, 9.17) is 0 Å². The summed E-state index contributed by atoms with van der Waals surface area (Å²) in [6.45, 7) is 12.6. The van der Waals surface area contributed by atoms with E-state index in [-0.39, 0.29) is 5.54 Å². The Balaban J connectivity index is 2.48. The molecular weight excluding hydrogens is 184 g/mol. The van der Waals surface area contributed by atoms with Crippen molar-refractivity contribution in [1.82, 2.24) is 10.6 Å². The van der Waals surface area contributed by atoms with Crippen molar-refractivity contribution in [2.45, 2.75) is 71.5 Å². The Hall–Kier alpha value is -0.0800. The van der Waals surface area contributed by atoms with Crippen LogP contribution >= 0.6 is 0 Å². The average Bonchev–Trinajstić information content (AvgIpc) is 2.08. The smallest absolute Gasteiger partial charge is 0.0281 e. The van der Waals surface area contributed by atoms with Crippen molar-refractivity contribution in [3.8, 4) is 0 Å². The fourth-order valence-corrected chi connectivity index (χ4v) is 2.68. The van der Waals surface area contributed by atoms with Crippen LogP contribution in [0.2, 0.25) is 0 Å². The van der Waals surface area contributed by atoms with E-state index in [0.29, 0.717) is 12.1 Å². The largest absolute Gasteiger partial charge is 0.311 e. The minimum Gasteiger partial charge on any atom is -0.311 e. The summed E-state index contributed by atoms with van der Waals surface area (Å²) in [6.07, 6.45) is 3.81. The van der Waals surface area contributed by atoms with Crippen LogP contribution in [-0.2, 0) is 0 Å². The fourth-order valence-electron chi connectivity index (χ4n) is 2.68. The quantitative estimate of drug-likeness (QED) is 0.748. The predicted octanol–water partition coefficient (Wildman–Crippen LogP) is 2.54. The lowest BCUT2D eigenvalue weighted by Crippen LogP contribution is -2.66. The maximum Gasteiger partial charge on any atom is 0.0281 e. The molecule has 1 saturated heterocycles. The van der Waals surface area contributed by atoms with Crippen LogP contribution in [0, 0.1) is 5.92 Å². The van der Waals surface area contributed by atoms with Gasteiger partial charge in [0.05, 0.1) is 0 Å². The second-order valence-corrected chi connectivity index (χ2v) is 5.94. The first-order chi connectivity index (χ1) is 6.95. The van der Waals surface area contributed by atoms with E-state index in [9.17, 15) is 0 Å². The summed E-state index contributed by atoms with van der Waals surface area (Å²) >= 11 is 0. The normalized spacial score (nSPS) is 30.8. The van der Waals surface area contributed by atoms with Gasteiger partial charge in [0.15, 0.2) is 0 Å². The number of piperazine rings is 1. The van der Waals surface area contributed by atoms with Crippen LogP contribution in [0.5, 0.6) is 0 Å². The Bertz CT molecular complexity index is 187. The lowest BCUT2D eigenvalue weighted by molar-refractivity contribution is 0.171. The van der Waals surface area contributed by atoms with Gasteiger partial charge in [0.2, 0.25) is 0 Å². The predicted molar refractivity (Wildman–Crippen MR) is 67.2 cm³/mol. The summed E-state index contributed by atoms with van der Waals surface area (Å²) in [5.41, 5.74) is 0.244. The van der Waals surface area contributed by atoms with Gasteiger partial charge in [0.25, 0.3) is 0 Å². The van der Waals surface area contributed by atoms with Crippen LogP contribution in [0.25, 0.3) is 0 Å². The molecule has 0 spiro atoms. The highest BCUT2D eigenvalue weighted by atomic mass is 15.1. The second-order valence-electron chi connectivity index (χ2n) is 5.94. The van der Waals surface area contributed by atoms with E-state index in [2.05, 4.69) is 45.3 Å². The summed E-state index contributed by atoms with van der Waals surface area (Å²) in [5, 5.41) is 7.50. The van der Waals surface area contributed by atoms with E-state index in [1.54, 1.807) is 0 Å². The third kappa shape index (κ3) is 3.76. The van der Waals surface area contributed by atoms with E-state index < -0.39 is 0 Å². The molecule has 2 heteroatoms. The zero-order chi connectivity index (χ0) is 11.5. The number of hydrogen-bond donors (Lipinski definition) is 2. The van der Waals surface area contributed by atoms with Gasteiger partial charge in [0.1, 0.15) is 0 Å². The van der Waals surface area contributed by atoms with Gasteiger partial charge in [-0.05, 0) is 32.6 Å². The molecule has 0 saturated carbocycles. The molecule has 0 aromatic carbocycles. The highest BCUT2D eigenvalue weighted by molar-refractivity contribution is 4.98. The molecule has 0 aromatic heterocycles. The minimum atomic E-state index is 0.244. The van der Waals surface area contributed by atoms with Crippen LogP contribution in [-0.4, -0.2) is 24.2 Å². The third-order valence-electron chi connectivity index (χ3n) is 3.39. The summed E-state index contributed by atoms with van der Waals surface area (Å²) in [4.78, 5) is 0. The molecule has 1 rings (SSSR count). The average molecular weight is 212 g/mol. The van der Waals surface area contributed by atoms with Crippen molar-refractivity contribution in [2.75, 3.05) is 6.54 Å². The first-order valence-electron chi connectivity index (χ1n) is 6.46. The van der Waals surface area contributed by atoms with Gasteiger partial charge in [-0.3, -0.25) is 0 Å². The van der Waals surface area contributed by atoms with Crippen LogP contribution in [0.1, 0.15) is 53.9 Å². The summed E-state index contributed by atoms with van der Waals surface area (Å²) < 4.78 is 0. The summed E-state index contributed by atoms with van der Waals surface area (Å²) in [6, 6.07) is 1.28. The van der Waals surface area contributed by atoms with Crippen molar-refractivity contribution in [1.29, 1.82) is 0 Å². The molecule has 1 aliphatic rings. The molecule has 90 valence electrons. The number of nitrogens with one attached hydrogen (secondary N) is 2. The van der Waals surface area contributed by atoms with Gasteiger partial charge in [-0.25, -0.2) is 0 Å². The van der Waals surface area contributed by atoms with Gasteiger partial charge >= 0.3 is 0 Å². The highest BCUT2D eigenvalue weighted by Crippen LogP contribution is 2.20. The molecule has 1 fully saturated rings. The first kappa shape index (κ1) is 13.0. The topological polar surface area (TPSA) is 24.1 Å². The molecule has 2 nitrogen and oxygen atoms in total. The monoisotopic (exact) mass is 212 g/mol. The van der Waals surface area contributed by atoms with Crippen LogP contribution in [0.3, 0.4) is 0 Å². The highest BCUT2D eigenvalue weighted by Gasteiger charge is 2.34. The Morgan fingerprint density at radius 2 is 2.00 bits per heavy atom. The summed E-state index contributed by atoms with van der Waals surface area (Å²) in [7, 11) is 0.